The predicted octanol–water partition coefficient (Wildman–Crippen LogP) is 6.74. The predicted molar refractivity (Wildman–Crippen MR) is 148 cm³/mol. The van der Waals surface area contributed by atoms with E-state index in [1.54, 1.807) is 0 Å². The number of carboxylic acid groups (broad SMARTS) is 1. The van der Waals surface area contributed by atoms with Crippen molar-refractivity contribution < 1.29 is 19.4 Å². The molecule has 0 aliphatic carbocycles. The molecule has 1 atom stereocenters. The summed E-state index contributed by atoms with van der Waals surface area (Å²) in [5.74, 6) is -0.0654. The maximum absolute atomic E-state index is 12.6. The standard InChI is InChI=1S/C32H39NO4/c34-31(17-11-3-1-2-6-12-26-13-7-4-8-14-26)33-29(20-23-32(35)36)24-27-18-21-30(22-19-27)37-25-28-15-9-5-10-16-28/h4-5,7-10,13-16,18-19,21-22,29H,1-3,6,11-12,17,20,23-25H2,(H,33,34)(H,35,36). The fourth-order valence-electron chi connectivity index (χ4n) is 4.36. The third-order valence-electron chi connectivity index (χ3n) is 6.44. The van der Waals surface area contributed by atoms with Crippen molar-refractivity contribution >= 4 is 11.9 Å². The van der Waals surface area contributed by atoms with E-state index in [9.17, 15) is 9.59 Å². The molecule has 0 radical (unpaired) electrons. The Morgan fingerprint density at radius 1 is 0.703 bits per heavy atom. The molecule has 37 heavy (non-hydrogen) atoms. The van der Waals surface area contributed by atoms with E-state index in [0.29, 0.717) is 25.9 Å². The highest BCUT2D eigenvalue weighted by molar-refractivity contribution is 5.76. The first-order chi connectivity index (χ1) is 18.1. The van der Waals surface area contributed by atoms with Crippen molar-refractivity contribution in [3.05, 3.63) is 102 Å². The van der Waals surface area contributed by atoms with Crippen LogP contribution in [0.2, 0.25) is 0 Å². The van der Waals surface area contributed by atoms with Gasteiger partial charge in [-0.15, -0.1) is 0 Å². The van der Waals surface area contributed by atoms with Gasteiger partial charge in [-0.2, -0.15) is 0 Å². The van der Waals surface area contributed by atoms with Gasteiger partial charge in [0.25, 0.3) is 0 Å². The number of carboxylic acids is 1. The zero-order valence-corrected chi connectivity index (χ0v) is 21.6. The molecule has 1 unspecified atom stereocenters. The summed E-state index contributed by atoms with van der Waals surface area (Å²) >= 11 is 0. The van der Waals surface area contributed by atoms with Gasteiger partial charge in [-0.3, -0.25) is 9.59 Å². The molecule has 0 aliphatic heterocycles. The normalized spacial score (nSPS) is 11.6. The first-order valence-electron chi connectivity index (χ1n) is 13.4. The Hall–Kier alpha value is -3.60. The third-order valence-corrected chi connectivity index (χ3v) is 6.44. The average Bonchev–Trinajstić information content (AvgIpc) is 2.92. The Bertz CT molecular complexity index is 1050. The van der Waals surface area contributed by atoms with Crippen molar-refractivity contribution in [1.29, 1.82) is 0 Å². The Balaban J connectivity index is 1.37. The molecule has 0 aromatic heterocycles. The highest BCUT2D eigenvalue weighted by Crippen LogP contribution is 2.17. The molecule has 196 valence electrons. The van der Waals surface area contributed by atoms with Crippen molar-refractivity contribution in [2.45, 2.75) is 76.9 Å². The molecule has 3 rings (SSSR count). The average molecular weight is 502 g/mol. The highest BCUT2D eigenvalue weighted by atomic mass is 16.5. The van der Waals surface area contributed by atoms with Gasteiger partial charge < -0.3 is 15.2 Å². The fourth-order valence-corrected chi connectivity index (χ4v) is 4.36. The van der Waals surface area contributed by atoms with Crippen LogP contribution in [0.3, 0.4) is 0 Å². The highest BCUT2D eigenvalue weighted by Gasteiger charge is 2.15. The van der Waals surface area contributed by atoms with Gasteiger partial charge in [-0.05, 0) is 60.9 Å². The lowest BCUT2D eigenvalue weighted by molar-refractivity contribution is -0.137. The lowest BCUT2D eigenvalue weighted by Crippen LogP contribution is -2.36. The number of rotatable bonds is 17. The van der Waals surface area contributed by atoms with Gasteiger partial charge >= 0.3 is 5.97 Å². The zero-order valence-electron chi connectivity index (χ0n) is 21.6. The molecule has 5 heteroatoms. The molecule has 0 saturated carbocycles. The van der Waals surface area contributed by atoms with E-state index in [1.165, 1.54) is 18.4 Å². The van der Waals surface area contributed by atoms with Crippen LogP contribution in [-0.4, -0.2) is 23.0 Å². The molecule has 0 fully saturated rings. The summed E-state index contributed by atoms with van der Waals surface area (Å²) in [4.78, 5) is 23.7. The molecule has 1 amide bonds. The second-order valence-corrected chi connectivity index (χ2v) is 9.57. The first-order valence-corrected chi connectivity index (χ1v) is 13.4. The lowest BCUT2D eigenvalue weighted by Gasteiger charge is -2.18. The molecular formula is C32H39NO4. The SMILES string of the molecule is O=C(O)CCC(Cc1ccc(OCc2ccccc2)cc1)NC(=O)CCCCCCCc1ccccc1. The minimum atomic E-state index is -0.848. The van der Waals surface area contributed by atoms with Crippen molar-refractivity contribution in [3.8, 4) is 5.75 Å². The van der Waals surface area contributed by atoms with Gasteiger partial charge in [0.15, 0.2) is 0 Å². The molecule has 3 aromatic rings. The van der Waals surface area contributed by atoms with Crippen LogP contribution >= 0.6 is 0 Å². The zero-order chi connectivity index (χ0) is 26.1. The van der Waals surface area contributed by atoms with Gasteiger partial charge in [0.05, 0.1) is 0 Å². The molecule has 0 heterocycles. The number of hydrogen-bond acceptors (Lipinski definition) is 3. The van der Waals surface area contributed by atoms with Crippen molar-refractivity contribution in [2.75, 3.05) is 0 Å². The third kappa shape index (κ3) is 11.8. The van der Waals surface area contributed by atoms with Crippen LogP contribution < -0.4 is 10.1 Å². The Kier molecular flexibility index (Phi) is 12.3. The maximum atomic E-state index is 12.6. The number of amides is 1. The number of unbranched alkanes of at least 4 members (excludes halogenated alkanes) is 4. The van der Waals surface area contributed by atoms with Crippen LogP contribution in [0, 0.1) is 0 Å². The minimum absolute atomic E-state index is 0.00230. The van der Waals surface area contributed by atoms with Gasteiger partial charge in [-0.25, -0.2) is 0 Å². The van der Waals surface area contributed by atoms with Gasteiger partial charge in [0.2, 0.25) is 5.91 Å². The van der Waals surface area contributed by atoms with Crippen LogP contribution in [0.15, 0.2) is 84.9 Å². The molecule has 0 aliphatic rings. The quantitative estimate of drug-likeness (QED) is 0.201. The van der Waals surface area contributed by atoms with E-state index in [-0.39, 0.29) is 18.4 Å². The van der Waals surface area contributed by atoms with E-state index in [0.717, 1.165) is 42.6 Å². The van der Waals surface area contributed by atoms with Gasteiger partial charge in [0.1, 0.15) is 12.4 Å². The smallest absolute Gasteiger partial charge is 0.303 e. The topological polar surface area (TPSA) is 75.6 Å². The molecule has 2 N–H and O–H groups in total. The van der Waals surface area contributed by atoms with Crippen LogP contribution in [0.4, 0.5) is 0 Å². The number of ether oxygens (including phenoxy) is 1. The Morgan fingerprint density at radius 2 is 1.32 bits per heavy atom. The van der Waals surface area contributed by atoms with E-state index in [4.69, 9.17) is 9.84 Å². The molecular weight excluding hydrogens is 462 g/mol. The summed E-state index contributed by atoms with van der Waals surface area (Å²) in [7, 11) is 0. The van der Waals surface area contributed by atoms with Crippen LogP contribution in [0.25, 0.3) is 0 Å². The van der Waals surface area contributed by atoms with E-state index in [2.05, 4.69) is 29.6 Å². The number of aryl methyl sites for hydroxylation is 1. The van der Waals surface area contributed by atoms with E-state index < -0.39 is 5.97 Å². The van der Waals surface area contributed by atoms with E-state index in [1.807, 2.05) is 60.7 Å². The summed E-state index contributed by atoms with van der Waals surface area (Å²) < 4.78 is 5.85. The van der Waals surface area contributed by atoms with Crippen LogP contribution in [0.5, 0.6) is 5.75 Å². The number of carbonyl (C=O) groups excluding carboxylic acids is 1. The van der Waals surface area contributed by atoms with Crippen LogP contribution in [-0.2, 0) is 29.0 Å². The van der Waals surface area contributed by atoms with Gasteiger partial charge in [0, 0.05) is 18.9 Å². The lowest BCUT2D eigenvalue weighted by atomic mass is 10.0. The largest absolute Gasteiger partial charge is 0.489 e. The summed E-state index contributed by atoms with van der Waals surface area (Å²) in [6.07, 6.45) is 7.98. The number of carbonyl (C=O) groups is 2. The monoisotopic (exact) mass is 501 g/mol. The van der Waals surface area contributed by atoms with Crippen molar-refractivity contribution in [2.24, 2.45) is 0 Å². The maximum Gasteiger partial charge on any atom is 0.303 e. The van der Waals surface area contributed by atoms with Crippen molar-refractivity contribution in [1.82, 2.24) is 5.32 Å². The number of aliphatic carboxylic acids is 1. The molecule has 0 saturated heterocycles. The molecule has 0 spiro atoms. The number of hydrogen-bond donors (Lipinski definition) is 2. The van der Waals surface area contributed by atoms with E-state index >= 15 is 0 Å². The molecule has 3 aromatic carbocycles. The summed E-state index contributed by atoms with van der Waals surface area (Å²) in [6.45, 7) is 0.504. The van der Waals surface area contributed by atoms with Crippen molar-refractivity contribution in [3.63, 3.8) is 0 Å². The number of nitrogens with one attached hydrogen (secondary N) is 1. The summed E-state index contributed by atoms with van der Waals surface area (Å²) in [6, 6.07) is 28.1. The first kappa shape index (κ1) is 28.0. The Morgan fingerprint density at radius 3 is 2.00 bits per heavy atom. The summed E-state index contributed by atoms with van der Waals surface area (Å²) in [5.41, 5.74) is 3.53. The van der Waals surface area contributed by atoms with Crippen LogP contribution in [0.1, 0.15) is 68.1 Å². The molecule has 0 bridgehead atoms. The fraction of sp³-hybridized carbons (Fsp3) is 0.375. The second-order valence-electron chi connectivity index (χ2n) is 9.57. The minimum Gasteiger partial charge on any atom is -0.489 e. The second kappa shape index (κ2) is 16.2. The summed E-state index contributed by atoms with van der Waals surface area (Å²) in [5, 5.41) is 12.2. The number of benzene rings is 3. The van der Waals surface area contributed by atoms with Gasteiger partial charge in [-0.1, -0.05) is 92.1 Å². The Labute approximate surface area is 220 Å². The molecule has 5 nitrogen and oxygen atoms in total.